The van der Waals surface area contributed by atoms with E-state index in [2.05, 4.69) is 19.1 Å². The molecule has 1 aliphatic heterocycles. The molecule has 0 radical (unpaired) electrons. The molecule has 0 spiro atoms. The molecule has 1 aliphatic rings. The third kappa shape index (κ3) is 2.25. The molecule has 1 aromatic carbocycles. The predicted octanol–water partition coefficient (Wildman–Crippen LogP) is 3.19. The Morgan fingerprint density at radius 1 is 1.27 bits per heavy atom. The third-order valence-electron chi connectivity index (χ3n) is 2.51. The van der Waals surface area contributed by atoms with Gasteiger partial charge in [0.25, 0.3) is 0 Å². The van der Waals surface area contributed by atoms with Crippen molar-refractivity contribution in [3.8, 4) is 11.5 Å². The van der Waals surface area contributed by atoms with Gasteiger partial charge in [0.05, 0.1) is 0 Å². The Morgan fingerprint density at radius 2 is 2.07 bits per heavy atom. The minimum absolute atomic E-state index is 0.209. The van der Waals surface area contributed by atoms with Crippen molar-refractivity contribution in [2.75, 3.05) is 6.61 Å². The number of ether oxygens (including phenoxy) is 2. The van der Waals surface area contributed by atoms with Gasteiger partial charge in [0.2, 0.25) is 0 Å². The van der Waals surface area contributed by atoms with Crippen LogP contribution >= 0.6 is 0 Å². The lowest BCUT2D eigenvalue weighted by molar-refractivity contribution is 0.0212. The van der Waals surface area contributed by atoms with Gasteiger partial charge < -0.3 is 9.47 Å². The highest BCUT2D eigenvalue weighted by Gasteiger charge is 2.27. The average Bonchev–Trinajstić information content (AvgIpc) is 2.18. The Hall–Kier alpha value is -1.18. The van der Waals surface area contributed by atoms with Gasteiger partial charge in [-0.05, 0) is 38.0 Å². The normalized spacial score (nSPS) is 17.5. The van der Waals surface area contributed by atoms with E-state index in [4.69, 9.17) is 9.47 Å². The minimum Gasteiger partial charge on any atom is -0.486 e. The minimum atomic E-state index is -0.209. The van der Waals surface area contributed by atoms with Crippen LogP contribution in [0.1, 0.15) is 32.8 Å². The molecule has 0 fully saturated rings. The molecule has 0 amide bonds. The van der Waals surface area contributed by atoms with Gasteiger partial charge >= 0.3 is 0 Å². The molecule has 0 saturated heterocycles. The molecule has 2 heteroatoms. The lowest BCUT2D eigenvalue weighted by Gasteiger charge is -2.32. The summed E-state index contributed by atoms with van der Waals surface area (Å²) in [5.74, 6) is 1.76. The SMILES string of the molecule is CCCc1ccc2c(c1)OCC(C)(C)O2. The van der Waals surface area contributed by atoms with E-state index in [0.717, 1.165) is 24.3 Å². The fourth-order valence-electron chi connectivity index (χ4n) is 1.77. The number of rotatable bonds is 2. The van der Waals surface area contributed by atoms with E-state index >= 15 is 0 Å². The lowest BCUT2D eigenvalue weighted by atomic mass is 10.1. The number of fused-ring (bicyclic) bond motifs is 1. The smallest absolute Gasteiger partial charge is 0.162 e. The first-order valence-corrected chi connectivity index (χ1v) is 5.55. The topological polar surface area (TPSA) is 18.5 Å². The zero-order valence-corrected chi connectivity index (χ0v) is 9.67. The van der Waals surface area contributed by atoms with Gasteiger partial charge in [-0.15, -0.1) is 0 Å². The van der Waals surface area contributed by atoms with Crippen LogP contribution in [0.15, 0.2) is 18.2 Å². The van der Waals surface area contributed by atoms with E-state index in [1.54, 1.807) is 0 Å². The van der Waals surface area contributed by atoms with E-state index in [9.17, 15) is 0 Å². The van der Waals surface area contributed by atoms with Crippen LogP contribution in [0.3, 0.4) is 0 Å². The molecule has 2 rings (SSSR count). The molecule has 0 bridgehead atoms. The maximum absolute atomic E-state index is 5.83. The first kappa shape index (κ1) is 10.3. The first-order chi connectivity index (χ1) is 7.11. The van der Waals surface area contributed by atoms with Crippen molar-refractivity contribution in [2.24, 2.45) is 0 Å². The van der Waals surface area contributed by atoms with Crippen LogP contribution in [0.25, 0.3) is 0 Å². The molecule has 1 aromatic rings. The van der Waals surface area contributed by atoms with Crippen molar-refractivity contribution in [3.05, 3.63) is 23.8 Å². The quantitative estimate of drug-likeness (QED) is 0.739. The molecule has 15 heavy (non-hydrogen) atoms. The van der Waals surface area contributed by atoms with Crippen LogP contribution in [0.4, 0.5) is 0 Å². The van der Waals surface area contributed by atoms with E-state index in [1.807, 2.05) is 19.9 Å². The Morgan fingerprint density at radius 3 is 2.80 bits per heavy atom. The van der Waals surface area contributed by atoms with Crippen molar-refractivity contribution >= 4 is 0 Å². The van der Waals surface area contributed by atoms with Crippen molar-refractivity contribution in [1.29, 1.82) is 0 Å². The number of hydrogen-bond donors (Lipinski definition) is 0. The van der Waals surface area contributed by atoms with Crippen LogP contribution in [0.5, 0.6) is 11.5 Å². The number of hydrogen-bond acceptors (Lipinski definition) is 2. The predicted molar refractivity (Wildman–Crippen MR) is 60.6 cm³/mol. The standard InChI is InChI=1S/C13H18O2/c1-4-5-10-6-7-11-12(8-10)14-9-13(2,3)15-11/h6-8H,4-5,9H2,1-3H3. The van der Waals surface area contributed by atoms with Crippen molar-refractivity contribution in [3.63, 3.8) is 0 Å². The first-order valence-electron chi connectivity index (χ1n) is 5.55. The van der Waals surface area contributed by atoms with Gasteiger partial charge in [-0.2, -0.15) is 0 Å². The summed E-state index contributed by atoms with van der Waals surface area (Å²) in [6.07, 6.45) is 2.26. The van der Waals surface area contributed by atoms with E-state index in [-0.39, 0.29) is 5.60 Å². The van der Waals surface area contributed by atoms with Crippen molar-refractivity contribution in [1.82, 2.24) is 0 Å². The van der Waals surface area contributed by atoms with Gasteiger partial charge in [0, 0.05) is 0 Å². The van der Waals surface area contributed by atoms with Gasteiger partial charge in [0.15, 0.2) is 11.5 Å². The molecule has 0 aromatic heterocycles. The Balaban J connectivity index is 2.24. The summed E-state index contributed by atoms with van der Waals surface area (Å²) >= 11 is 0. The van der Waals surface area contributed by atoms with Crippen LogP contribution in [-0.2, 0) is 6.42 Å². The summed E-state index contributed by atoms with van der Waals surface area (Å²) in [6, 6.07) is 6.22. The molecule has 0 unspecified atom stereocenters. The largest absolute Gasteiger partial charge is 0.486 e. The average molecular weight is 206 g/mol. The molecule has 0 saturated carbocycles. The summed E-state index contributed by atoms with van der Waals surface area (Å²) < 4.78 is 11.5. The summed E-state index contributed by atoms with van der Waals surface area (Å²) in [5, 5.41) is 0. The van der Waals surface area contributed by atoms with Crippen LogP contribution in [0, 0.1) is 0 Å². The molecule has 82 valence electrons. The fourth-order valence-corrected chi connectivity index (χ4v) is 1.77. The van der Waals surface area contributed by atoms with E-state index in [0.29, 0.717) is 6.61 Å². The molecular formula is C13H18O2. The summed E-state index contributed by atoms with van der Waals surface area (Å²) in [6.45, 7) is 6.88. The monoisotopic (exact) mass is 206 g/mol. The molecule has 1 heterocycles. The summed E-state index contributed by atoms with van der Waals surface area (Å²) in [4.78, 5) is 0. The highest BCUT2D eigenvalue weighted by molar-refractivity contribution is 5.44. The second-order valence-electron chi connectivity index (χ2n) is 4.68. The summed E-state index contributed by atoms with van der Waals surface area (Å²) in [7, 11) is 0. The van der Waals surface area contributed by atoms with Crippen LogP contribution in [0.2, 0.25) is 0 Å². The van der Waals surface area contributed by atoms with Crippen molar-refractivity contribution < 1.29 is 9.47 Å². The second kappa shape index (κ2) is 3.76. The zero-order chi connectivity index (χ0) is 10.9. The maximum Gasteiger partial charge on any atom is 0.162 e. The van der Waals surface area contributed by atoms with E-state index < -0.39 is 0 Å². The molecule has 0 atom stereocenters. The van der Waals surface area contributed by atoms with Gasteiger partial charge in [-0.1, -0.05) is 19.4 Å². The molecule has 2 nitrogen and oxygen atoms in total. The van der Waals surface area contributed by atoms with Crippen LogP contribution in [-0.4, -0.2) is 12.2 Å². The number of aryl methyl sites for hydroxylation is 1. The van der Waals surface area contributed by atoms with Gasteiger partial charge in [0.1, 0.15) is 12.2 Å². The van der Waals surface area contributed by atoms with Gasteiger partial charge in [-0.3, -0.25) is 0 Å². The van der Waals surface area contributed by atoms with E-state index in [1.165, 1.54) is 5.56 Å². The fraction of sp³-hybridized carbons (Fsp3) is 0.538. The maximum atomic E-state index is 5.83. The third-order valence-corrected chi connectivity index (χ3v) is 2.51. The summed E-state index contributed by atoms with van der Waals surface area (Å²) in [5.41, 5.74) is 1.11. The molecule has 0 aliphatic carbocycles. The molecule has 0 N–H and O–H groups in total. The number of benzene rings is 1. The zero-order valence-electron chi connectivity index (χ0n) is 9.67. The second-order valence-corrected chi connectivity index (χ2v) is 4.68. The van der Waals surface area contributed by atoms with Crippen molar-refractivity contribution in [2.45, 2.75) is 39.2 Å². The Labute approximate surface area is 91.2 Å². The lowest BCUT2D eigenvalue weighted by Crippen LogP contribution is -2.38. The molecular weight excluding hydrogens is 188 g/mol. The highest BCUT2D eigenvalue weighted by atomic mass is 16.6. The van der Waals surface area contributed by atoms with Crippen LogP contribution < -0.4 is 9.47 Å². The highest BCUT2D eigenvalue weighted by Crippen LogP contribution is 2.35. The van der Waals surface area contributed by atoms with Gasteiger partial charge in [-0.25, -0.2) is 0 Å². The Bertz CT molecular complexity index is 356. The Kier molecular flexibility index (Phi) is 2.59.